The van der Waals surface area contributed by atoms with Crippen LogP contribution in [0.2, 0.25) is 0 Å². The van der Waals surface area contributed by atoms with Gasteiger partial charge in [-0.3, -0.25) is 14.2 Å². The summed E-state index contributed by atoms with van der Waals surface area (Å²) in [5.74, 6) is -0.564. The van der Waals surface area contributed by atoms with Crippen molar-refractivity contribution in [3.05, 3.63) is 83.2 Å². The average molecular weight is 469 g/mol. The molecule has 0 bridgehead atoms. The molecule has 0 saturated heterocycles. The third-order valence-electron chi connectivity index (χ3n) is 4.79. The Morgan fingerprint density at radius 2 is 2.00 bits per heavy atom. The number of para-hydroxylation sites is 1. The number of thiazole rings is 1. The van der Waals surface area contributed by atoms with Crippen LogP contribution < -0.4 is 19.6 Å². The predicted octanol–water partition coefficient (Wildman–Crippen LogP) is 2.79. The zero-order valence-electron chi connectivity index (χ0n) is 17.7. The lowest BCUT2D eigenvalue weighted by atomic mass is 10.0. The van der Waals surface area contributed by atoms with E-state index < -0.39 is 18.0 Å². The lowest BCUT2D eigenvalue weighted by molar-refractivity contribution is -0.139. The summed E-state index contributed by atoms with van der Waals surface area (Å²) in [4.78, 5) is 43.6. The monoisotopic (exact) mass is 468 g/mol. The molecule has 3 heterocycles. The van der Waals surface area contributed by atoms with E-state index in [9.17, 15) is 14.4 Å². The van der Waals surface area contributed by atoms with Crippen molar-refractivity contribution in [3.8, 4) is 5.75 Å². The van der Waals surface area contributed by atoms with Crippen molar-refractivity contribution in [1.82, 2.24) is 4.57 Å². The standard InChI is InChI=1S/C23H20N2O5S2/c1-4-29-22(28)19-13(2)24-23-25(20(19)17-10-7-11-31-17)21(27)18(32-23)12-15-8-5-6-9-16(15)30-14(3)26/h5-12,20H,4H2,1-3H3/b18-12+/t20-/m0/s1. The van der Waals surface area contributed by atoms with E-state index in [2.05, 4.69) is 4.99 Å². The highest BCUT2D eigenvalue weighted by molar-refractivity contribution is 7.10. The first kappa shape index (κ1) is 21.9. The Kier molecular flexibility index (Phi) is 6.20. The summed E-state index contributed by atoms with van der Waals surface area (Å²) in [6.07, 6.45) is 1.68. The summed E-state index contributed by atoms with van der Waals surface area (Å²) < 4.78 is 12.5. The maximum Gasteiger partial charge on any atom is 0.338 e. The molecule has 0 amide bonds. The minimum Gasteiger partial charge on any atom is -0.463 e. The summed E-state index contributed by atoms with van der Waals surface area (Å²) in [7, 11) is 0. The van der Waals surface area contributed by atoms with Gasteiger partial charge >= 0.3 is 11.9 Å². The molecule has 1 atom stereocenters. The number of carbonyl (C=O) groups excluding carboxylic acids is 2. The molecule has 0 fully saturated rings. The number of rotatable bonds is 5. The number of hydrogen-bond acceptors (Lipinski definition) is 8. The smallest absolute Gasteiger partial charge is 0.338 e. The number of aromatic nitrogens is 1. The number of fused-ring (bicyclic) bond motifs is 1. The van der Waals surface area contributed by atoms with Crippen LogP contribution in [-0.2, 0) is 14.3 Å². The summed E-state index contributed by atoms with van der Waals surface area (Å²) in [5.41, 5.74) is 1.20. The van der Waals surface area contributed by atoms with Gasteiger partial charge in [0.2, 0.25) is 0 Å². The van der Waals surface area contributed by atoms with E-state index in [1.807, 2.05) is 17.5 Å². The molecule has 0 N–H and O–H groups in total. The Labute approximate surface area is 191 Å². The fourth-order valence-electron chi connectivity index (χ4n) is 3.50. The third kappa shape index (κ3) is 4.09. The third-order valence-corrected chi connectivity index (χ3v) is 6.70. The largest absolute Gasteiger partial charge is 0.463 e. The highest BCUT2D eigenvalue weighted by Crippen LogP contribution is 2.33. The molecule has 0 aliphatic carbocycles. The molecule has 3 aromatic rings. The lowest BCUT2D eigenvalue weighted by Gasteiger charge is -2.23. The molecule has 4 rings (SSSR count). The van der Waals surface area contributed by atoms with E-state index in [0.717, 1.165) is 4.88 Å². The van der Waals surface area contributed by atoms with Crippen molar-refractivity contribution < 1.29 is 19.1 Å². The molecule has 0 saturated carbocycles. The fraction of sp³-hybridized carbons (Fsp3) is 0.217. The number of carbonyl (C=O) groups is 2. The maximum atomic E-state index is 13.5. The van der Waals surface area contributed by atoms with Crippen LogP contribution in [-0.4, -0.2) is 23.1 Å². The molecular formula is C23H20N2O5S2. The van der Waals surface area contributed by atoms with Crippen molar-refractivity contribution in [2.75, 3.05) is 6.61 Å². The van der Waals surface area contributed by atoms with E-state index in [1.165, 1.54) is 34.2 Å². The predicted molar refractivity (Wildman–Crippen MR) is 122 cm³/mol. The van der Waals surface area contributed by atoms with Crippen LogP contribution in [0, 0.1) is 0 Å². The second-order valence-corrected chi connectivity index (χ2v) is 8.94. The minimum atomic E-state index is -0.615. The Hall–Kier alpha value is -3.30. The van der Waals surface area contributed by atoms with Crippen LogP contribution >= 0.6 is 22.7 Å². The van der Waals surface area contributed by atoms with Crippen LogP contribution in [0.3, 0.4) is 0 Å². The normalized spacial score (nSPS) is 15.8. The molecule has 2 aromatic heterocycles. The zero-order chi connectivity index (χ0) is 22.8. The van der Waals surface area contributed by atoms with E-state index in [1.54, 1.807) is 44.2 Å². The average Bonchev–Trinajstić information content (AvgIpc) is 3.37. The second kappa shape index (κ2) is 9.05. The topological polar surface area (TPSA) is 87.0 Å². The molecule has 1 aromatic carbocycles. The lowest BCUT2D eigenvalue weighted by Crippen LogP contribution is -2.39. The molecule has 7 nitrogen and oxygen atoms in total. The number of benzene rings is 1. The van der Waals surface area contributed by atoms with E-state index >= 15 is 0 Å². The van der Waals surface area contributed by atoms with Gasteiger partial charge in [0.15, 0.2) is 4.80 Å². The van der Waals surface area contributed by atoms with Crippen molar-refractivity contribution in [2.45, 2.75) is 26.8 Å². The van der Waals surface area contributed by atoms with Gasteiger partial charge in [0.1, 0.15) is 11.8 Å². The van der Waals surface area contributed by atoms with Gasteiger partial charge in [-0.25, -0.2) is 9.79 Å². The van der Waals surface area contributed by atoms with Gasteiger partial charge in [0, 0.05) is 17.4 Å². The molecule has 1 aliphatic rings. The molecule has 9 heteroatoms. The van der Waals surface area contributed by atoms with Crippen molar-refractivity contribution in [1.29, 1.82) is 0 Å². The van der Waals surface area contributed by atoms with Gasteiger partial charge in [-0.15, -0.1) is 11.3 Å². The van der Waals surface area contributed by atoms with Crippen LogP contribution in [0.1, 0.15) is 37.3 Å². The zero-order valence-corrected chi connectivity index (χ0v) is 19.3. The molecule has 164 valence electrons. The first-order valence-electron chi connectivity index (χ1n) is 9.91. The Balaban J connectivity index is 1.92. The Bertz CT molecular complexity index is 1400. The van der Waals surface area contributed by atoms with Crippen LogP contribution in [0.4, 0.5) is 0 Å². The maximum absolute atomic E-state index is 13.5. The second-order valence-electron chi connectivity index (χ2n) is 6.95. The Morgan fingerprint density at radius 3 is 2.69 bits per heavy atom. The highest BCUT2D eigenvalue weighted by atomic mass is 32.1. The summed E-state index contributed by atoms with van der Waals surface area (Å²) in [5, 5.41) is 1.90. The van der Waals surface area contributed by atoms with Crippen molar-refractivity contribution >= 4 is 40.7 Å². The number of thiophene rings is 1. The van der Waals surface area contributed by atoms with Crippen LogP contribution in [0.5, 0.6) is 5.75 Å². The molecule has 0 radical (unpaired) electrons. The highest BCUT2D eigenvalue weighted by Gasteiger charge is 2.33. The fourth-order valence-corrected chi connectivity index (χ4v) is 5.36. The number of ether oxygens (including phenoxy) is 2. The van der Waals surface area contributed by atoms with E-state index in [0.29, 0.717) is 31.9 Å². The van der Waals surface area contributed by atoms with Crippen molar-refractivity contribution in [2.24, 2.45) is 4.99 Å². The first-order valence-corrected chi connectivity index (χ1v) is 11.6. The number of hydrogen-bond donors (Lipinski definition) is 0. The molecule has 0 unspecified atom stereocenters. The van der Waals surface area contributed by atoms with Crippen LogP contribution in [0.15, 0.2) is 62.8 Å². The van der Waals surface area contributed by atoms with Gasteiger partial charge in [0.05, 0.1) is 22.4 Å². The van der Waals surface area contributed by atoms with E-state index in [-0.39, 0.29) is 12.2 Å². The van der Waals surface area contributed by atoms with Gasteiger partial charge in [0.25, 0.3) is 5.56 Å². The molecule has 1 aliphatic heterocycles. The summed E-state index contributed by atoms with van der Waals surface area (Å²) in [6, 6.07) is 10.1. The Morgan fingerprint density at radius 1 is 1.22 bits per heavy atom. The number of nitrogens with zero attached hydrogens (tertiary/aromatic N) is 2. The van der Waals surface area contributed by atoms with Gasteiger partial charge in [-0.05, 0) is 37.4 Å². The van der Waals surface area contributed by atoms with Crippen LogP contribution in [0.25, 0.3) is 6.08 Å². The first-order chi connectivity index (χ1) is 15.4. The van der Waals surface area contributed by atoms with Gasteiger partial charge in [-0.2, -0.15) is 0 Å². The quantitative estimate of drug-likeness (QED) is 0.425. The van der Waals surface area contributed by atoms with E-state index in [4.69, 9.17) is 9.47 Å². The van der Waals surface area contributed by atoms with Gasteiger partial charge < -0.3 is 9.47 Å². The SMILES string of the molecule is CCOC(=O)C1=C(C)N=c2s/c(=C/c3ccccc3OC(C)=O)c(=O)n2[C@H]1c1cccs1. The number of allylic oxidation sites excluding steroid dienone is 1. The minimum absolute atomic E-state index is 0.226. The summed E-state index contributed by atoms with van der Waals surface area (Å²) >= 11 is 2.68. The number of esters is 2. The van der Waals surface area contributed by atoms with Crippen molar-refractivity contribution in [3.63, 3.8) is 0 Å². The molecular weight excluding hydrogens is 448 g/mol. The molecule has 32 heavy (non-hydrogen) atoms. The van der Waals surface area contributed by atoms with Gasteiger partial charge in [-0.1, -0.05) is 35.6 Å². The summed E-state index contributed by atoms with van der Waals surface area (Å²) in [6.45, 7) is 5.04. The molecule has 0 spiro atoms.